The third-order valence-corrected chi connectivity index (χ3v) is 2.86. The van der Waals surface area contributed by atoms with Crippen molar-refractivity contribution in [3.05, 3.63) is 0 Å². The summed E-state index contributed by atoms with van der Waals surface area (Å²) in [6.45, 7) is 4.72. The molecule has 3 heteroatoms. The SMILES string of the molecule is CCCCCCCC1OC1C(=O)OCCC. The molecular formula is C13H24O3. The maximum atomic E-state index is 11.4. The molecule has 0 aromatic carbocycles. The number of hydrogen-bond donors (Lipinski definition) is 0. The van der Waals surface area contributed by atoms with E-state index in [1.165, 1.54) is 32.1 Å². The summed E-state index contributed by atoms with van der Waals surface area (Å²) in [7, 11) is 0. The molecule has 1 aliphatic heterocycles. The lowest BCUT2D eigenvalue weighted by atomic mass is 10.1. The minimum absolute atomic E-state index is 0.144. The molecule has 3 nitrogen and oxygen atoms in total. The smallest absolute Gasteiger partial charge is 0.338 e. The van der Waals surface area contributed by atoms with E-state index < -0.39 is 0 Å². The van der Waals surface area contributed by atoms with Gasteiger partial charge >= 0.3 is 5.97 Å². The summed E-state index contributed by atoms with van der Waals surface area (Å²) in [5, 5.41) is 0. The van der Waals surface area contributed by atoms with Crippen LogP contribution in [-0.2, 0) is 14.3 Å². The number of epoxide rings is 1. The van der Waals surface area contributed by atoms with Gasteiger partial charge in [-0.2, -0.15) is 0 Å². The molecule has 0 saturated carbocycles. The first-order valence-electron chi connectivity index (χ1n) is 6.61. The highest BCUT2D eigenvalue weighted by atomic mass is 16.6. The monoisotopic (exact) mass is 228 g/mol. The third-order valence-electron chi connectivity index (χ3n) is 2.86. The number of esters is 1. The van der Waals surface area contributed by atoms with Crippen molar-refractivity contribution in [1.82, 2.24) is 0 Å². The van der Waals surface area contributed by atoms with E-state index in [1.54, 1.807) is 0 Å². The van der Waals surface area contributed by atoms with Crippen molar-refractivity contribution in [1.29, 1.82) is 0 Å². The summed E-state index contributed by atoms with van der Waals surface area (Å²) in [5.74, 6) is -0.166. The summed E-state index contributed by atoms with van der Waals surface area (Å²) in [6.07, 6.45) is 8.08. The van der Waals surface area contributed by atoms with Gasteiger partial charge in [-0.15, -0.1) is 0 Å². The molecule has 0 aromatic rings. The second-order valence-electron chi connectivity index (χ2n) is 4.47. The number of hydrogen-bond acceptors (Lipinski definition) is 3. The van der Waals surface area contributed by atoms with E-state index >= 15 is 0 Å². The molecule has 1 saturated heterocycles. The molecule has 1 fully saturated rings. The van der Waals surface area contributed by atoms with Gasteiger partial charge in [0.15, 0.2) is 6.10 Å². The Hall–Kier alpha value is -0.570. The average molecular weight is 228 g/mol. The predicted octanol–water partition coefficient (Wildman–Crippen LogP) is 3.07. The molecule has 0 N–H and O–H groups in total. The molecule has 16 heavy (non-hydrogen) atoms. The van der Waals surface area contributed by atoms with Gasteiger partial charge in [0.1, 0.15) is 0 Å². The van der Waals surface area contributed by atoms with Gasteiger partial charge in [0.25, 0.3) is 0 Å². The van der Waals surface area contributed by atoms with Crippen LogP contribution < -0.4 is 0 Å². The van der Waals surface area contributed by atoms with E-state index in [4.69, 9.17) is 9.47 Å². The summed E-state index contributed by atoms with van der Waals surface area (Å²) in [4.78, 5) is 11.4. The minimum Gasteiger partial charge on any atom is -0.464 e. The van der Waals surface area contributed by atoms with Crippen molar-refractivity contribution >= 4 is 5.97 Å². The van der Waals surface area contributed by atoms with Gasteiger partial charge in [0, 0.05) is 0 Å². The first-order valence-corrected chi connectivity index (χ1v) is 6.61. The second-order valence-corrected chi connectivity index (χ2v) is 4.47. The highest BCUT2D eigenvalue weighted by Crippen LogP contribution is 2.28. The fraction of sp³-hybridized carbons (Fsp3) is 0.923. The van der Waals surface area contributed by atoms with Gasteiger partial charge in [0.2, 0.25) is 0 Å². The average Bonchev–Trinajstić information content (AvgIpc) is 3.05. The minimum atomic E-state index is -0.252. The lowest BCUT2D eigenvalue weighted by Gasteiger charge is -1.99. The van der Waals surface area contributed by atoms with Gasteiger partial charge in [-0.05, 0) is 12.8 Å². The maximum absolute atomic E-state index is 11.4. The quantitative estimate of drug-likeness (QED) is 0.346. The Labute approximate surface area is 98.5 Å². The summed E-state index contributed by atoms with van der Waals surface area (Å²) in [6, 6.07) is 0. The number of unbranched alkanes of at least 4 members (excludes halogenated alkanes) is 4. The number of rotatable bonds is 9. The zero-order valence-electron chi connectivity index (χ0n) is 10.5. The molecule has 0 amide bonds. The van der Waals surface area contributed by atoms with Gasteiger partial charge in [0.05, 0.1) is 12.7 Å². The Morgan fingerprint density at radius 2 is 1.88 bits per heavy atom. The van der Waals surface area contributed by atoms with Crippen molar-refractivity contribution in [3.8, 4) is 0 Å². The van der Waals surface area contributed by atoms with E-state index in [1.807, 2.05) is 6.92 Å². The summed E-state index contributed by atoms with van der Waals surface area (Å²) in [5.41, 5.74) is 0. The largest absolute Gasteiger partial charge is 0.464 e. The fourth-order valence-corrected chi connectivity index (χ4v) is 1.80. The van der Waals surface area contributed by atoms with Crippen molar-refractivity contribution in [2.24, 2.45) is 0 Å². The molecular weight excluding hydrogens is 204 g/mol. The van der Waals surface area contributed by atoms with Crippen LogP contribution in [0.3, 0.4) is 0 Å². The molecule has 94 valence electrons. The number of carbonyl (C=O) groups is 1. The molecule has 0 radical (unpaired) electrons. The molecule has 1 aliphatic rings. The Bertz CT molecular complexity index is 203. The Balaban J connectivity index is 1.95. The van der Waals surface area contributed by atoms with E-state index in [9.17, 15) is 4.79 Å². The van der Waals surface area contributed by atoms with Crippen molar-refractivity contribution in [2.45, 2.75) is 71.0 Å². The summed E-state index contributed by atoms with van der Waals surface area (Å²) >= 11 is 0. The molecule has 0 aromatic heterocycles. The molecule has 2 atom stereocenters. The maximum Gasteiger partial charge on any atom is 0.338 e. The molecule has 0 aliphatic carbocycles. The molecule has 2 unspecified atom stereocenters. The van der Waals surface area contributed by atoms with Gasteiger partial charge in [-0.25, -0.2) is 4.79 Å². The zero-order chi connectivity index (χ0) is 11.8. The van der Waals surface area contributed by atoms with Crippen molar-refractivity contribution in [2.75, 3.05) is 6.61 Å². The lowest BCUT2D eigenvalue weighted by Crippen LogP contribution is -2.14. The van der Waals surface area contributed by atoms with Crippen LogP contribution in [0.1, 0.15) is 58.8 Å². The predicted molar refractivity (Wildman–Crippen MR) is 63.3 cm³/mol. The van der Waals surface area contributed by atoms with E-state index in [0.29, 0.717) is 6.61 Å². The van der Waals surface area contributed by atoms with Crippen LogP contribution in [0.15, 0.2) is 0 Å². The molecule has 1 heterocycles. The molecule has 0 spiro atoms. The Morgan fingerprint density at radius 1 is 1.12 bits per heavy atom. The van der Waals surface area contributed by atoms with E-state index in [0.717, 1.165) is 12.8 Å². The van der Waals surface area contributed by atoms with Gasteiger partial charge in [-0.3, -0.25) is 0 Å². The number of ether oxygens (including phenoxy) is 2. The van der Waals surface area contributed by atoms with Crippen LogP contribution in [0.2, 0.25) is 0 Å². The van der Waals surface area contributed by atoms with Crippen LogP contribution in [0.5, 0.6) is 0 Å². The van der Waals surface area contributed by atoms with Crippen molar-refractivity contribution in [3.63, 3.8) is 0 Å². The van der Waals surface area contributed by atoms with Gasteiger partial charge < -0.3 is 9.47 Å². The van der Waals surface area contributed by atoms with Gasteiger partial charge in [-0.1, -0.05) is 46.0 Å². The number of carbonyl (C=O) groups excluding carboxylic acids is 1. The van der Waals surface area contributed by atoms with Crippen LogP contribution in [0.4, 0.5) is 0 Å². The van der Waals surface area contributed by atoms with E-state index in [2.05, 4.69) is 6.92 Å². The molecule has 0 bridgehead atoms. The third kappa shape index (κ3) is 4.97. The Morgan fingerprint density at radius 3 is 2.56 bits per heavy atom. The first kappa shape index (κ1) is 13.5. The lowest BCUT2D eigenvalue weighted by molar-refractivity contribution is -0.145. The highest BCUT2D eigenvalue weighted by molar-refractivity contribution is 5.77. The van der Waals surface area contributed by atoms with E-state index in [-0.39, 0.29) is 18.2 Å². The Kier molecular flexibility index (Phi) is 6.46. The fourth-order valence-electron chi connectivity index (χ4n) is 1.80. The topological polar surface area (TPSA) is 38.8 Å². The zero-order valence-corrected chi connectivity index (χ0v) is 10.5. The van der Waals surface area contributed by atoms with Crippen LogP contribution in [0, 0.1) is 0 Å². The van der Waals surface area contributed by atoms with Crippen LogP contribution in [-0.4, -0.2) is 24.8 Å². The standard InChI is InChI=1S/C13H24O3/c1-3-5-6-7-8-9-11-12(16-11)13(14)15-10-4-2/h11-12H,3-10H2,1-2H3. The van der Waals surface area contributed by atoms with Crippen molar-refractivity contribution < 1.29 is 14.3 Å². The van der Waals surface area contributed by atoms with Crippen LogP contribution in [0.25, 0.3) is 0 Å². The normalized spacial score (nSPS) is 23.1. The summed E-state index contributed by atoms with van der Waals surface area (Å²) < 4.78 is 10.3. The molecule has 1 rings (SSSR count). The van der Waals surface area contributed by atoms with Crippen LogP contribution >= 0.6 is 0 Å². The first-order chi connectivity index (χ1) is 7.79. The second kappa shape index (κ2) is 7.66. The highest BCUT2D eigenvalue weighted by Gasteiger charge is 2.45.